The van der Waals surface area contributed by atoms with Gasteiger partial charge in [-0.1, -0.05) is 45.1 Å². The molecule has 0 aromatic carbocycles. The van der Waals surface area contributed by atoms with Crippen LogP contribution in [0.15, 0.2) is 9.68 Å². The fourth-order valence-corrected chi connectivity index (χ4v) is 1.12. The van der Waals surface area contributed by atoms with Crippen molar-refractivity contribution in [2.75, 3.05) is 13.7 Å². The molecule has 100 valence electrons. The second-order valence-electron chi connectivity index (χ2n) is 2.76. The minimum absolute atomic E-state index is 0.146. The van der Waals surface area contributed by atoms with E-state index in [1.54, 1.807) is 6.92 Å². The molecule has 0 N–H and O–H groups in total. The van der Waals surface area contributed by atoms with E-state index < -0.39 is 9.76 Å². The zero-order chi connectivity index (χ0) is 13.8. The molecule has 0 saturated carbocycles. The van der Waals surface area contributed by atoms with Gasteiger partial charge in [0, 0.05) is 0 Å². The average molecular weight is 317 g/mol. The predicted octanol–water partition coefficient (Wildman–Crippen LogP) is 1.81. The average Bonchev–Trinajstić information content (AvgIpc) is 2.74. The van der Waals surface area contributed by atoms with Crippen molar-refractivity contribution in [1.29, 1.82) is 0 Å². The Morgan fingerprint density at radius 2 is 2.17 bits per heavy atom. The number of oxime groups is 1. The first-order valence-electron chi connectivity index (χ1n) is 4.59. The van der Waals surface area contributed by atoms with Crippen molar-refractivity contribution >= 4 is 46.5 Å². The number of nitrogens with zero attached hydrogens (tertiary/aromatic N) is 3. The van der Waals surface area contributed by atoms with Gasteiger partial charge in [0.1, 0.15) is 7.11 Å². The number of alkyl halides is 3. The molecule has 0 aliphatic carbocycles. The standard InChI is InChI=1S/C8H8Cl3N3O4/c1-3-17-6(15)4(13-16-2)5-12-7(14-18-5)8(9,10)11/h3H2,1-2H3. The summed E-state index contributed by atoms with van der Waals surface area (Å²) in [5, 5.41) is 6.83. The van der Waals surface area contributed by atoms with Crippen LogP contribution in [-0.2, 0) is 18.2 Å². The molecule has 10 heteroatoms. The highest BCUT2D eigenvalue weighted by Gasteiger charge is 2.32. The molecule has 0 atom stereocenters. The van der Waals surface area contributed by atoms with Crippen LogP contribution in [0.2, 0.25) is 0 Å². The minimum Gasteiger partial charge on any atom is -0.461 e. The molecule has 0 amide bonds. The van der Waals surface area contributed by atoms with Gasteiger partial charge in [0.15, 0.2) is 0 Å². The van der Waals surface area contributed by atoms with E-state index in [2.05, 4.69) is 20.1 Å². The Hall–Kier alpha value is -1.05. The molecule has 0 unspecified atom stereocenters. The Morgan fingerprint density at radius 1 is 1.50 bits per heavy atom. The van der Waals surface area contributed by atoms with Crippen LogP contribution >= 0.6 is 34.8 Å². The summed E-state index contributed by atoms with van der Waals surface area (Å²) in [6.07, 6.45) is 0. The highest BCUT2D eigenvalue weighted by Crippen LogP contribution is 2.35. The Morgan fingerprint density at radius 3 is 2.61 bits per heavy atom. The molecule has 0 bridgehead atoms. The van der Waals surface area contributed by atoms with E-state index in [9.17, 15) is 4.79 Å². The number of esters is 1. The van der Waals surface area contributed by atoms with Crippen LogP contribution in [0.4, 0.5) is 0 Å². The van der Waals surface area contributed by atoms with Gasteiger partial charge in [-0.3, -0.25) is 0 Å². The van der Waals surface area contributed by atoms with Crippen molar-refractivity contribution in [3.05, 3.63) is 11.7 Å². The van der Waals surface area contributed by atoms with Gasteiger partial charge < -0.3 is 14.1 Å². The molecule has 1 rings (SSSR count). The highest BCUT2D eigenvalue weighted by atomic mass is 35.6. The molecule has 1 heterocycles. The van der Waals surface area contributed by atoms with E-state index in [4.69, 9.17) is 44.1 Å². The van der Waals surface area contributed by atoms with E-state index >= 15 is 0 Å². The largest absolute Gasteiger partial charge is 0.461 e. The molecule has 0 radical (unpaired) electrons. The van der Waals surface area contributed by atoms with Crippen molar-refractivity contribution in [1.82, 2.24) is 10.1 Å². The van der Waals surface area contributed by atoms with Gasteiger partial charge in [0.2, 0.25) is 5.82 Å². The number of halogens is 3. The quantitative estimate of drug-likeness (QED) is 0.364. The molecular weight excluding hydrogens is 308 g/mol. The summed E-state index contributed by atoms with van der Waals surface area (Å²) >= 11 is 16.7. The van der Waals surface area contributed by atoms with Crippen LogP contribution in [0.1, 0.15) is 18.6 Å². The lowest BCUT2D eigenvalue weighted by atomic mass is 10.4. The van der Waals surface area contributed by atoms with Crippen LogP contribution in [0.3, 0.4) is 0 Å². The summed E-state index contributed by atoms with van der Waals surface area (Å²) in [6, 6.07) is 0. The molecule has 0 fully saturated rings. The molecule has 0 saturated heterocycles. The molecule has 7 nitrogen and oxygen atoms in total. The first-order chi connectivity index (χ1) is 8.40. The summed E-state index contributed by atoms with van der Waals surface area (Å²) in [7, 11) is 1.24. The maximum absolute atomic E-state index is 11.5. The maximum Gasteiger partial charge on any atom is 0.366 e. The zero-order valence-electron chi connectivity index (χ0n) is 9.32. The van der Waals surface area contributed by atoms with Crippen molar-refractivity contribution in [2.45, 2.75) is 10.7 Å². The monoisotopic (exact) mass is 315 g/mol. The number of rotatable bonds is 4. The van der Waals surface area contributed by atoms with Gasteiger partial charge in [0.25, 0.3) is 15.4 Å². The molecule has 0 aliphatic heterocycles. The normalized spacial score (nSPS) is 12.4. The molecule has 0 spiro atoms. The lowest BCUT2D eigenvalue weighted by molar-refractivity contribution is -0.135. The minimum atomic E-state index is -1.87. The molecule has 1 aromatic heterocycles. The van der Waals surface area contributed by atoms with Crippen molar-refractivity contribution in [2.24, 2.45) is 5.16 Å². The van der Waals surface area contributed by atoms with Crippen LogP contribution < -0.4 is 0 Å². The van der Waals surface area contributed by atoms with Crippen molar-refractivity contribution in [3.8, 4) is 0 Å². The summed E-state index contributed by atoms with van der Waals surface area (Å²) < 4.78 is 7.61. The van der Waals surface area contributed by atoms with Gasteiger partial charge in [-0.05, 0) is 6.92 Å². The number of hydrogen-bond donors (Lipinski definition) is 0. The first-order valence-corrected chi connectivity index (χ1v) is 5.73. The highest BCUT2D eigenvalue weighted by molar-refractivity contribution is 6.66. The summed E-state index contributed by atoms with van der Waals surface area (Å²) in [6.45, 7) is 1.77. The van der Waals surface area contributed by atoms with Gasteiger partial charge in [-0.15, -0.1) is 0 Å². The van der Waals surface area contributed by atoms with Crippen LogP contribution in [0, 0.1) is 0 Å². The van der Waals surface area contributed by atoms with E-state index in [0.29, 0.717) is 0 Å². The maximum atomic E-state index is 11.5. The molecular formula is C8H8Cl3N3O4. The van der Waals surface area contributed by atoms with Gasteiger partial charge in [0.05, 0.1) is 6.61 Å². The van der Waals surface area contributed by atoms with E-state index in [1.807, 2.05) is 0 Å². The third-order valence-corrected chi connectivity index (χ3v) is 2.04. The lowest BCUT2D eigenvalue weighted by Gasteiger charge is -2.02. The molecule has 1 aromatic rings. The summed E-state index contributed by atoms with van der Waals surface area (Å²) in [5.74, 6) is -1.29. The van der Waals surface area contributed by atoms with Crippen LogP contribution in [-0.4, -0.2) is 35.5 Å². The first kappa shape index (κ1) is 15.0. The summed E-state index contributed by atoms with van der Waals surface area (Å²) in [5.41, 5.74) is -0.313. The number of carbonyl (C=O) groups excluding carboxylic acids is 1. The van der Waals surface area contributed by atoms with E-state index in [1.165, 1.54) is 7.11 Å². The lowest BCUT2D eigenvalue weighted by Crippen LogP contribution is -2.20. The fraction of sp³-hybridized carbons (Fsp3) is 0.500. The SMILES string of the molecule is CCOC(=O)C(=NOC)c1nc(C(Cl)(Cl)Cl)no1. The van der Waals surface area contributed by atoms with Gasteiger partial charge in [-0.2, -0.15) is 4.98 Å². The predicted molar refractivity (Wildman–Crippen MR) is 63.7 cm³/mol. The number of carbonyl (C=O) groups is 1. The Balaban J connectivity index is 3.05. The van der Waals surface area contributed by atoms with Crippen molar-refractivity contribution in [3.63, 3.8) is 0 Å². The fourth-order valence-electron chi connectivity index (χ4n) is 0.889. The van der Waals surface area contributed by atoms with E-state index in [-0.39, 0.29) is 24.0 Å². The van der Waals surface area contributed by atoms with E-state index in [0.717, 1.165) is 0 Å². The number of ether oxygens (including phenoxy) is 1. The summed E-state index contributed by atoms with van der Waals surface area (Å²) in [4.78, 5) is 19.7. The van der Waals surface area contributed by atoms with Crippen LogP contribution in [0.5, 0.6) is 0 Å². The van der Waals surface area contributed by atoms with Gasteiger partial charge >= 0.3 is 5.97 Å². The van der Waals surface area contributed by atoms with Gasteiger partial charge in [-0.25, -0.2) is 4.79 Å². The second kappa shape index (κ2) is 6.21. The number of hydrogen-bond acceptors (Lipinski definition) is 7. The molecule has 18 heavy (non-hydrogen) atoms. The molecule has 0 aliphatic rings. The third kappa shape index (κ3) is 3.72. The smallest absolute Gasteiger partial charge is 0.366 e. The topological polar surface area (TPSA) is 86.8 Å². The Labute approximate surface area is 117 Å². The van der Waals surface area contributed by atoms with Crippen molar-refractivity contribution < 1.29 is 18.9 Å². The zero-order valence-corrected chi connectivity index (χ0v) is 11.6. The third-order valence-electron chi connectivity index (χ3n) is 1.53. The number of aromatic nitrogens is 2. The Kier molecular flexibility index (Phi) is 5.18. The Bertz CT molecular complexity index is 455. The second-order valence-corrected chi connectivity index (χ2v) is 5.05. The van der Waals surface area contributed by atoms with Crippen LogP contribution in [0.25, 0.3) is 0 Å².